The highest BCUT2D eigenvalue weighted by atomic mass is 35.5. The first-order valence-electron chi connectivity index (χ1n) is 11.1. The molecule has 0 heterocycles. The molecule has 0 saturated heterocycles. The second kappa shape index (κ2) is 11.3. The lowest BCUT2D eigenvalue weighted by Crippen LogP contribution is -2.33. The molecular formula is C27H20ClN3O6. The summed E-state index contributed by atoms with van der Waals surface area (Å²) in [6, 6.07) is 22.9. The van der Waals surface area contributed by atoms with E-state index in [1.807, 2.05) is 24.3 Å². The summed E-state index contributed by atoms with van der Waals surface area (Å²) in [5.41, 5.74) is 2.89. The summed E-state index contributed by atoms with van der Waals surface area (Å²) in [6.45, 7) is 1.44. The molecule has 1 unspecified atom stereocenters. The summed E-state index contributed by atoms with van der Waals surface area (Å²) >= 11 is 5.90. The Morgan fingerprint density at radius 3 is 2.43 bits per heavy atom. The first-order valence-corrected chi connectivity index (χ1v) is 11.4. The number of rotatable bonds is 8. The molecule has 10 heteroatoms. The molecule has 9 nitrogen and oxygen atoms in total. The van der Waals surface area contributed by atoms with Crippen molar-refractivity contribution in [2.45, 2.75) is 13.0 Å². The van der Waals surface area contributed by atoms with E-state index >= 15 is 0 Å². The monoisotopic (exact) mass is 517 g/mol. The third kappa shape index (κ3) is 6.09. The van der Waals surface area contributed by atoms with E-state index in [1.54, 1.807) is 42.5 Å². The molecule has 4 rings (SSSR count). The van der Waals surface area contributed by atoms with Crippen LogP contribution in [0.5, 0.6) is 11.5 Å². The number of carbonyl (C=O) groups excluding carboxylic acids is 2. The van der Waals surface area contributed by atoms with Crippen LogP contribution in [0, 0.1) is 10.1 Å². The van der Waals surface area contributed by atoms with Crippen molar-refractivity contribution < 1.29 is 24.0 Å². The number of nitrogens with one attached hydrogen (secondary N) is 1. The second-order valence-electron chi connectivity index (χ2n) is 7.81. The number of hydrogen-bond donors (Lipinski definition) is 1. The van der Waals surface area contributed by atoms with E-state index in [1.165, 1.54) is 31.3 Å². The molecule has 0 bridgehead atoms. The Bertz CT molecular complexity index is 1500. The highest BCUT2D eigenvalue weighted by molar-refractivity contribution is 6.30. The number of nitrogens with zero attached hydrogens (tertiary/aromatic N) is 2. The van der Waals surface area contributed by atoms with Crippen molar-refractivity contribution in [3.05, 3.63) is 111 Å². The van der Waals surface area contributed by atoms with Gasteiger partial charge in [-0.25, -0.2) is 10.2 Å². The molecule has 186 valence electrons. The van der Waals surface area contributed by atoms with Crippen LogP contribution in [0.4, 0.5) is 5.69 Å². The third-order valence-corrected chi connectivity index (χ3v) is 5.57. The molecule has 0 spiro atoms. The van der Waals surface area contributed by atoms with Crippen molar-refractivity contribution in [3.8, 4) is 11.5 Å². The Morgan fingerprint density at radius 1 is 0.973 bits per heavy atom. The maximum absolute atomic E-state index is 12.7. The quantitative estimate of drug-likeness (QED) is 0.108. The number of halogens is 1. The number of nitro groups is 1. The third-order valence-electron chi connectivity index (χ3n) is 5.32. The lowest BCUT2D eigenvalue weighted by Gasteiger charge is -2.13. The average molecular weight is 518 g/mol. The minimum absolute atomic E-state index is 0.0374. The number of benzene rings is 4. The maximum atomic E-state index is 12.7. The van der Waals surface area contributed by atoms with Gasteiger partial charge in [0.05, 0.1) is 16.7 Å². The summed E-state index contributed by atoms with van der Waals surface area (Å²) < 4.78 is 11.1. The molecule has 1 N–H and O–H groups in total. The Labute approximate surface area is 216 Å². The molecule has 1 atom stereocenters. The zero-order valence-corrected chi connectivity index (χ0v) is 20.2. The zero-order chi connectivity index (χ0) is 26.4. The van der Waals surface area contributed by atoms with Gasteiger partial charge in [0, 0.05) is 16.7 Å². The van der Waals surface area contributed by atoms with Crippen LogP contribution < -0.4 is 14.9 Å². The molecule has 0 radical (unpaired) electrons. The summed E-state index contributed by atoms with van der Waals surface area (Å²) in [4.78, 5) is 35.8. The van der Waals surface area contributed by atoms with Gasteiger partial charge in [0.25, 0.3) is 5.91 Å². The minimum Gasteiger partial charge on any atom is -0.474 e. The van der Waals surface area contributed by atoms with Crippen LogP contribution in [0.15, 0.2) is 90.0 Å². The van der Waals surface area contributed by atoms with E-state index in [0.717, 1.165) is 10.8 Å². The zero-order valence-electron chi connectivity index (χ0n) is 19.5. The number of hydrazone groups is 1. The maximum Gasteiger partial charge on any atom is 0.343 e. The van der Waals surface area contributed by atoms with Gasteiger partial charge in [-0.3, -0.25) is 14.9 Å². The fraction of sp³-hybridized carbons (Fsp3) is 0.0741. The highest BCUT2D eigenvalue weighted by Gasteiger charge is 2.20. The predicted octanol–water partition coefficient (Wildman–Crippen LogP) is 5.54. The molecule has 1 amide bonds. The summed E-state index contributed by atoms with van der Waals surface area (Å²) in [6.07, 6.45) is 0.288. The van der Waals surface area contributed by atoms with Crippen molar-refractivity contribution in [3.63, 3.8) is 0 Å². The summed E-state index contributed by atoms with van der Waals surface area (Å²) in [5.74, 6) is -1.02. The van der Waals surface area contributed by atoms with Crippen LogP contribution in [0.2, 0.25) is 5.02 Å². The van der Waals surface area contributed by atoms with Crippen LogP contribution in [0.3, 0.4) is 0 Å². The van der Waals surface area contributed by atoms with Gasteiger partial charge in [-0.15, -0.1) is 0 Å². The molecule has 4 aromatic rings. The van der Waals surface area contributed by atoms with E-state index in [-0.39, 0.29) is 17.2 Å². The SMILES string of the molecule is CC(Oc1ccccc1[N+](=O)[O-])C(=O)N/N=C/c1c(OC(=O)c2ccc(Cl)cc2)ccc2ccccc12. The van der Waals surface area contributed by atoms with Gasteiger partial charge in [0.2, 0.25) is 0 Å². The number of para-hydroxylation sites is 2. The normalized spacial score (nSPS) is 11.7. The van der Waals surface area contributed by atoms with Crippen molar-refractivity contribution in [2.75, 3.05) is 0 Å². The molecular weight excluding hydrogens is 498 g/mol. The van der Waals surface area contributed by atoms with Crippen LogP contribution in [0.25, 0.3) is 10.8 Å². The van der Waals surface area contributed by atoms with E-state index in [2.05, 4.69) is 10.5 Å². The Balaban J connectivity index is 1.53. The van der Waals surface area contributed by atoms with Gasteiger partial charge in [-0.2, -0.15) is 5.10 Å². The number of hydrogen-bond acceptors (Lipinski definition) is 7. The largest absolute Gasteiger partial charge is 0.474 e. The van der Waals surface area contributed by atoms with Crippen LogP contribution in [-0.2, 0) is 4.79 Å². The lowest BCUT2D eigenvalue weighted by molar-refractivity contribution is -0.386. The molecule has 0 saturated carbocycles. The Kier molecular flexibility index (Phi) is 7.75. The standard InChI is InChI=1S/C27H20ClN3O6/c1-17(36-25-9-5-4-8-23(25)31(34)35)26(32)30-29-16-22-21-7-3-2-6-18(21)12-15-24(22)37-27(33)19-10-13-20(28)14-11-19/h2-17H,1H3,(H,30,32)/b29-16+. The summed E-state index contributed by atoms with van der Waals surface area (Å²) in [7, 11) is 0. The van der Waals surface area contributed by atoms with Crippen molar-refractivity contribution in [1.82, 2.24) is 5.43 Å². The number of fused-ring (bicyclic) bond motifs is 1. The number of carbonyl (C=O) groups is 2. The first kappa shape index (κ1) is 25.3. The highest BCUT2D eigenvalue weighted by Crippen LogP contribution is 2.28. The van der Waals surface area contributed by atoms with Crippen molar-refractivity contribution >= 4 is 46.2 Å². The van der Waals surface area contributed by atoms with Crippen LogP contribution in [0.1, 0.15) is 22.8 Å². The van der Waals surface area contributed by atoms with E-state index < -0.39 is 22.9 Å². The lowest BCUT2D eigenvalue weighted by atomic mass is 10.0. The van der Waals surface area contributed by atoms with Gasteiger partial charge in [0.1, 0.15) is 5.75 Å². The van der Waals surface area contributed by atoms with E-state index in [9.17, 15) is 19.7 Å². The van der Waals surface area contributed by atoms with Gasteiger partial charge >= 0.3 is 11.7 Å². The van der Waals surface area contributed by atoms with Crippen LogP contribution in [-0.4, -0.2) is 29.1 Å². The minimum atomic E-state index is -1.08. The van der Waals surface area contributed by atoms with Crippen molar-refractivity contribution in [1.29, 1.82) is 0 Å². The van der Waals surface area contributed by atoms with Gasteiger partial charge in [-0.05, 0) is 54.1 Å². The molecule has 0 aliphatic carbocycles. The molecule has 0 aliphatic heterocycles. The second-order valence-corrected chi connectivity index (χ2v) is 8.25. The van der Waals surface area contributed by atoms with Gasteiger partial charge in [-0.1, -0.05) is 54.1 Å². The molecule has 0 aliphatic rings. The number of nitro benzene ring substituents is 1. The molecule has 0 fully saturated rings. The predicted molar refractivity (Wildman–Crippen MR) is 139 cm³/mol. The van der Waals surface area contributed by atoms with Gasteiger partial charge in [0.15, 0.2) is 11.9 Å². The smallest absolute Gasteiger partial charge is 0.343 e. The van der Waals surface area contributed by atoms with E-state index in [4.69, 9.17) is 21.1 Å². The summed E-state index contributed by atoms with van der Waals surface area (Å²) in [5, 5.41) is 17.3. The topological polar surface area (TPSA) is 120 Å². The Hall–Kier alpha value is -4.76. The first-order chi connectivity index (χ1) is 17.8. The van der Waals surface area contributed by atoms with Crippen molar-refractivity contribution in [2.24, 2.45) is 5.10 Å². The number of esters is 1. The Morgan fingerprint density at radius 2 is 1.68 bits per heavy atom. The van der Waals surface area contributed by atoms with Crippen LogP contribution >= 0.6 is 11.6 Å². The molecule has 4 aromatic carbocycles. The molecule has 0 aromatic heterocycles. The van der Waals surface area contributed by atoms with Gasteiger partial charge < -0.3 is 9.47 Å². The molecule has 37 heavy (non-hydrogen) atoms. The average Bonchev–Trinajstić information content (AvgIpc) is 2.90. The number of amides is 1. The fourth-order valence-corrected chi connectivity index (χ4v) is 3.57. The van der Waals surface area contributed by atoms with E-state index in [0.29, 0.717) is 16.1 Å². The fourth-order valence-electron chi connectivity index (χ4n) is 3.45. The number of ether oxygens (including phenoxy) is 2.